The molecule has 1 aromatic heterocycles. The van der Waals surface area contributed by atoms with Crippen molar-refractivity contribution in [1.29, 1.82) is 0 Å². The van der Waals surface area contributed by atoms with Gasteiger partial charge in [-0.2, -0.15) is 4.39 Å². The van der Waals surface area contributed by atoms with Crippen LogP contribution >= 0.6 is 0 Å². The summed E-state index contributed by atoms with van der Waals surface area (Å²) in [5.74, 6) is -1.68. The zero-order valence-electron chi connectivity index (χ0n) is 5.84. The molecule has 0 aromatic carbocycles. The minimum Gasteiger partial charge on any atom is -0.266 e. The standard InChI is InChI=1S/C5H3F3N2O2/c1-2-3(6)9(7)5(12)10(8)4(2)11/h1H3. The first kappa shape index (κ1) is 8.57. The highest BCUT2D eigenvalue weighted by Gasteiger charge is 2.15. The summed E-state index contributed by atoms with van der Waals surface area (Å²) >= 11 is 0. The molecule has 0 saturated carbocycles. The van der Waals surface area contributed by atoms with Gasteiger partial charge in [-0.3, -0.25) is 4.79 Å². The largest absolute Gasteiger partial charge is 0.390 e. The molecule has 0 bridgehead atoms. The summed E-state index contributed by atoms with van der Waals surface area (Å²) in [5.41, 5.74) is -4.27. The third kappa shape index (κ3) is 0.936. The Morgan fingerprint density at radius 1 is 1.17 bits per heavy atom. The van der Waals surface area contributed by atoms with Gasteiger partial charge in [0.2, 0.25) is 5.95 Å². The molecule has 1 aromatic rings. The van der Waals surface area contributed by atoms with Gasteiger partial charge in [0.25, 0.3) is 5.56 Å². The average molecular weight is 180 g/mol. The Kier molecular flexibility index (Phi) is 1.79. The van der Waals surface area contributed by atoms with Crippen molar-refractivity contribution in [3.63, 3.8) is 0 Å². The van der Waals surface area contributed by atoms with Crippen molar-refractivity contribution in [1.82, 2.24) is 9.58 Å². The van der Waals surface area contributed by atoms with Crippen molar-refractivity contribution in [3.8, 4) is 0 Å². The SMILES string of the molecule is Cc1c(F)n(F)c(=O)n(F)c1=O. The number of nitrogens with zero attached hydrogens (tertiary/aromatic N) is 2. The van der Waals surface area contributed by atoms with Gasteiger partial charge in [0, 0.05) is 0 Å². The van der Waals surface area contributed by atoms with Crippen LogP contribution in [-0.2, 0) is 0 Å². The van der Waals surface area contributed by atoms with Crippen LogP contribution in [0.1, 0.15) is 5.56 Å². The first-order chi connectivity index (χ1) is 5.46. The van der Waals surface area contributed by atoms with Gasteiger partial charge in [-0.1, -0.05) is 18.5 Å². The molecular weight excluding hydrogens is 177 g/mol. The number of halogens is 3. The lowest BCUT2D eigenvalue weighted by Gasteiger charge is -1.98. The van der Waals surface area contributed by atoms with Gasteiger partial charge in [0.15, 0.2) is 0 Å². The zero-order chi connectivity index (χ0) is 9.46. The summed E-state index contributed by atoms with van der Waals surface area (Å²) in [4.78, 5) is 18.8. The quantitative estimate of drug-likeness (QED) is 0.524. The number of aromatic nitrogens is 2. The van der Waals surface area contributed by atoms with E-state index in [0.29, 0.717) is 0 Å². The van der Waals surface area contributed by atoms with Gasteiger partial charge >= 0.3 is 5.69 Å². The zero-order valence-corrected chi connectivity index (χ0v) is 5.84. The van der Waals surface area contributed by atoms with Crippen molar-refractivity contribution in [2.75, 3.05) is 0 Å². The summed E-state index contributed by atoms with van der Waals surface area (Å²) in [6.45, 7) is 0.864. The molecule has 0 aliphatic heterocycles. The van der Waals surface area contributed by atoms with Crippen LogP contribution in [0.2, 0.25) is 0 Å². The minimum absolute atomic E-state index is 0.792. The van der Waals surface area contributed by atoms with Crippen LogP contribution in [0.25, 0.3) is 0 Å². The molecule has 0 spiro atoms. The van der Waals surface area contributed by atoms with E-state index in [2.05, 4.69) is 0 Å². The third-order valence-corrected chi connectivity index (χ3v) is 1.32. The van der Waals surface area contributed by atoms with Crippen molar-refractivity contribution in [2.45, 2.75) is 6.92 Å². The van der Waals surface area contributed by atoms with Gasteiger partial charge in [0.05, 0.1) is 5.56 Å². The van der Waals surface area contributed by atoms with Crippen molar-refractivity contribution in [2.24, 2.45) is 0 Å². The lowest BCUT2D eigenvalue weighted by atomic mass is 10.4. The van der Waals surface area contributed by atoms with Crippen molar-refractivity contribution in [3.05, 3.63) is 32.3 Å². The van der Waals surface area contributed by atoms with Gasteiger partial charge < -0.3 is 0 Å². The van der Waals surface area contributed by atoms with E-state index in [-0.39, 0.29) is 0 Å². The van der Waals surface area contributed by atoms with E-state index in [9.17, 15) is 22.9 Å². The van der Waals surface area contributed by atoms with E-state index in [1.165, 1.54) is 0 Å². The Hall–Kier alpha value is -1.53. The Labute approximate surface area is 63.3 Å². The fourth-order valence-corrected chi connectivity index (χ4v) is 0.631. The maximum atomic E-state index is 12.4. The Morgan fingerprint density at radius 2 is 1.67 bits per heavy atom. The highest BCUT2D eigenvalue weighted by atomic mass is 19.2. The van der Waals surface area contributed by atoms with Crippen molar-refractivity contribution < 1.29 is 13.4 Å². The molecule has 12 heavy (non-hydrogen) atoms. The van der Waals surface area contributed by atoms with Gasteiger partial charge in [-0.15, -0.1) is 0 Å². The van der Waals surface area contributed by atoms with Crippen LogP contribution in [0, 0.1) is 12.9 Å². The predicted octanol–water partition coefficient (Wildman–Crippen LogP) is -0.0773. The fraction of sp³-hybridized carbons (Fsp3) is 0.200. The predicted molar refractivity (Wildman–Crippen MR) is 32.7 cm³/mol. The monoisotopic (exact) mass is 180 g/mol. The minimum atomic E-state index is -1.98. The van der Waals surface area contributed by atoms with Crippen LogP contribution in [-0.4, -0.2) is 9.58 Å². The molecule has 0 unspecified atom stereocenters. The van der Waals surface area contributed by atoms with E-state index in [1.54, 1.807) is 0 Å². The van der Waals surface area contributed by atoms with Gasteiger partial charge in [0.1, 0.15) is 0 Å². The molecule has 0 aliphatic carbocycles. The molecule has 0 N–H and O–H groups in total. The summed E-state index contributed by atoms with van der Waals surface area (Å²) in [6.07, 6.45) is 0. The third-order valence-electron chi connectivity index (χ3n) is 1.32. The van der Waals surface area contributed by atoms with Crippen LogP contribution in [0.15, 0.2) is 9.59 Å². The van der Waals surface area contributed by atoms with Crippen molar-refractivity contribution >= 4 is 0 Å². The van der Waals surface area contributed by atoms with E-state index in [1.807, 2.05) is 0 Å². The normalized spacial score (nSPS) is 10.3. The molecule has 0 atom stereocenters. The Balaban J connectivity index is 3.86. The maximum Gasteiger partial charge on any atom is 0.390 e. The molecule has 0 amide bonds. The average Bonchev–Trinajstić information content (AvgIpc) is 2.08. The van der Waals surface area contributed by atoms with Crippen LogP contribution < -0.4 is 11.2 Å². The van der Waals surface area contributed by atoms with Gasteiger partial charge in [-0.05, 0) is 6.92 Å². The lowest BCUT2D eigenvalue weighted by Crippen LogP contribution is -2.36. The highest BCUT2D eigenvalue weighted by molar-refractivity contribution is 5.03. The van der Waals surface area contributed by atoms with E-state index in [4.69, 9.17) is 0 Å². The molecule has 4 nitrogen and oxygen atoms in total. The molecule has 0 saturated heterocycles. The molecular formula is C5H3F3N2O2. The molecule has 0 radical (unpaired) electrons. The summed E-state index contributed by atoms with van der Waals surface area (Å²) in [6, 6.07) is 0. The van der Waals surface area contributed by atoms with E-state index in [0.717, 1.165) is 6.92 Å². The number of hydrogen-bond donors (Lipinski definition) is 0. The molecule has 1 heterocycles. The molecule has 1 rings (SSSR count). The number of hydrogen-bond acceptors (Lipinski definition) is 2. The second-order valence-corrected chi connectivity index (χ2v) is 2.07. The second kappa shape index (κ2) is 2.50. The Morgan fingerprint density at radius 3 is 2.17 bits per heavy atom. The van der Waals surface area contributed by atoms with Crippen LogP contribution in [0.3, 0.4) is 0 Å². The Bertz CT molecular complexity index is 396. The molecule has 0 fully saturated rings. The molecule has 0 aliphatic rings. The smallest absolute Gasteiger partial charge is 0.266 e. The lowest BCUT2D eigenvalue weighted by molar-refractivity contribution is 0.217. The summed E-state index contributed by atoms with van der Waals surface area (Å²) in [5, 5.41) is 0. The van der Waals surface area contributed by atoms with Crippen LogP contribution in [0.4, 0.5) is 13.4 Å². The first-order valence-electron chi connectivity index (χ1n) is 2.83. The molecule has 66 valence electrons. The molecule has 7 heteroatoms. The highest BCUT2D eigenvalue weighted by Crippen LogP contribution is 1.96. The van der Waals surface area contributed by atoms with E-state index < -0.39 is 32.3 Å². The maximum absolute atomic E-state index is 12.4. The summed E-state index contributed by atoms with van der Waals surface area (Å²) < 4.78 is 37.0. The fourth-order valence-electron chi connectivity index (χ4n) is 0.631. The summed E-state index contributed by atoms with van der Waals surface area (Å²) in [7, 11) is 0. The van der Waals surface area contributed by atoms with E-state index >= 15 is 0 Å². The number of rotatable bonds is 0. The topological polar surface area (TPSA) is 44.0 Å². The van der Waals surface area contributed by atoms with Gasteiger partial charge in [-0.25, -0.2) is 4.79 Å². The second-order valence-electron chi connectivity index (χ2n) is 2.07. The first-order valence-corrected chi connectivity index (χ1v) is 2.83. The van der Waals surface area contributed by atoms with Crippen LogP contribution in [0.5, 0.6) is 0 Å².